The third-order valence-corrected chi connectivity index (χ3v) is 3.80. The van der Waals surface area contributed by atoms with Crippen molar-refractivity contribution in [3.63, 3.8) is 0 Å². The summed E-state index contributed by atoms with van der Waals surface area (Å²) in [6.45, 7) is 2.24. The van der Waals surface area contributed by atoms with Crippen LogP contribution in [0.3, 0.4) is 0 Å². The van der Waals surface area contributed by atoms with Crippen molar-refractivity contribution in [1.82, 2.24) is 9.88 Å². The largest absolute Gasteiger partial charge is 0.484 e. The maximum absolute atomic E-state index is 11.9. The average molecular weight is 326 g/mol. The van der Waals surface area contributed by atoms with Crippen LogP contribution in [0.25, 0.3) is 11.1 Å². The number of hydrogen-bond acceptors (Lipinski definition) is 4. The molecule has 2 aromatic carbocycles. The minimum Gasteiger partial charge on any atom is -0.484 e. The fourth-order valence-corrected chi connectivity index (χ4v) is 2.40. The van der Waals surface area contributed by atoms with Gasteiger partial charge in [-0.1, -0.05) is 24.3 Å². The van der Waals surface area contributed by atoms with E-state index in [-0.39, 0.29) is 12.5 Å². The fourth-order valence-electron chi connectivity index (χ4n) is 2.40. The van der Waals surface area contributed by atoms with E-state index in [2.05, 4.69) is 5.32 Å². The molecule has 0 bridgehead atoms. The lowest BCUT2D eigenvalue weighted by molar-refractivity contribution is -0.123. The van der Waals surface area contributed by atoms with Crippen LogP contribution in [0.2, 0.25) is 0 Å². The number of benzene rings is 2. The van der Waals surface area contributed by atoms with Gasteiger partial charge in [0.2, 0.25) is 0 Å². The van der Waals surface area contributed by atoms with Gasteiger partial charge >= 0.3 is 5.76 Å². The number of rotatable bonds is 5. The Kier molecular flexibility index (Phi) is 4.37. The molecule has 0 aliphatic carbocycles. The van der Waals surface area contributed by atoms with Crippen molar-refractivity contribution in [2.75, 3.05) is 6.61 Å². The quantitative estimate of drug-likeness (QED) is 0.779. The molecule has 0 atom stereocenters. The number of oxazole rings is 1. The summed E-state index contributed by atoms with van der Waals surface area (Å²) in [5.74, 6) is 0.0831. The molecule has 0 aliphatic rings. The van der Waals surface area contributed by atoms with Gasteiger partial charge in [-0.2, -0.15) is 0 Å². The number of carbonyl (C=O) groups excluding carboxylic acids is 1. The van der Waals surface area contributed by atoms with Crippen LogP contribution in [0.4, 0.5) is 0 Å². The van der Waals surface area contributed by atoms with E-state index < -0.39 is 5.76 Å². The van der Waals surface area contributed by atoms with E-state index in [1.807, 2.05) is 43.3 Å². The molecule has 1 amide bonds. The molecular weight excluding hydrogens is 308 g/mol. The zero-order chi connectivity index (χ0) is 17.1. The Morgan fingerprint density at radius 3 is 2.83 bits per heavy atom. The molecular formula is C18H18N2O4. The van der Waals surface area contributed by atoms with E-state index in [0.29, 0.717) is 23.4 Å². The molecule has 0 saturated carbocycles. The van der Waals surface area contributed by atoms with E-state index in [1.54, 1.807) is 13.1 Å². The third-order valence-electron chi connectivity index (χ3n) is 3.80. The van der Waals surface area contributed by atoms with E-state index in [9.17, 15) is 9.59 Å². The van der Waals surface area contributed by atoms with Crippen molar-refractivity contribution in [3.8, 4) is 5.75 Å². The number of fused-ring (bicyclic) bond motifs is 1. The fraction of sp³-hybridized carbons (Fsp3) is 0.222. The number of nitrogens with one attached hydrogen (secondary N) is 1. The molecule has 3 rings (SSSR count). The lowest BCUT2D eigenvalue weighted by Crippen LogP contribution is -2.28. The Balaban J connectivity index is 1.59. The zero-order valence-electron chi connectivity index (χ0n) is 13.5. The highest BCUT2D eigenvalue weighted by Gasteiger charge is 2.08. The topological polar surface area (TPSA) is 73.5 Å². The molecule has 1 heterocycles. The van der Waals surface area contributed by atoms with Crippen molar-refractivity contribution in [3.05, 3.63) is 64.1 Å². The number of hydrogen-bond donors (Lipinski definition) is 1. The Morgan fingerprint density at radius 1 is 1.25 bits per heavy atom. The van der Waals surface area contributed by atoms with Crippen LogP contribution >= 0.6 is 0 Å². The number of aryl methyl sites for hydroxylation is 2. The first kappa shape index (κ1) is 15.9. The first-order valence-corrected chi connectivity index (χ1v) is 7.58. The summed E-state index contributed by atoms with van der Waals surface area (Å²) in [4.78, 5) is 23.4. The minimum atomic E-state index is -0.405. The second kappa shape index (κ2) is 6.62. The normalized spacial score (nSPS) is 10.8. The molecule has 24 heavy (non-hydrogen) atoms. The van der Waals surface area contributed by atoms with Gasteiger partial charge in [0.15, 0.2) is 12.2 Å². The number of para-hydroxylation sites is 1. The number of ether oxygens (including phenoxy) is 1. The molecule has 0 spiro atoms. The molecule has 0 aliphatic heterocycles. The number of nitrogens with zero attached hydrogens (tertiary/aromatic N) is 1. The standard InChI is InChI=1S/C18H18N2O4/c1-12-5-3-4-6-15(12)23-11-17(21)19-10-13-7-8-16-14(9-13)20(2)18(22)24-16/h3-9H,10-11H2,1-2H3,(H,19,21). The Morgan fingerprint density at radius 2 is 2.04 bits per heavy atom. The molecule has 1 aromatic heterocycles. The monoisotopic (exact) mass is 326 g/mol. The maximum Gasteiger partial charge on any atom is 0.419 e. The van der Waals surface area contributed by atoms with Crippen LogP contribution in [-0.2, 0) is 18.4 Å². The van der Waals surface area contributed by atoms with Gasteiger partial charge in [-0.3, -0.25) is 9.36 Å². The summed E-state index contributed by atoms with van der Waals surface area (Å²) in [5.41, 5.74) is 3.09. The molecule has 3 aromatic rings. The van der Waals surface area contributed by atoms with Crippen LogP contribution in [0.15, 0.2) is 51.7 Å². The summed E-state index contributed by atoms with van der Waals surface area (Å²) in [6.07, 6.45) is 0. The highest BCUT2D eigenvalue weighted by Crippen LogP contribution is 2.16. The van der Waals surface area contributed by atoms with Crippen LogP contribution in [0.5, 0.6) is 5.75 Å². The predicted molar refractivity (Wildman–Crippen MR) is 90.0 cm³/mol. The van der Waals surface area contributed by atoms with Crippen LogP contribution in [0.1, 0.15) is 11.1 Å². The Bertz CT molecular complexity index is 940. The number of amides is 1. The van der Waals surface area contributed by atoms with Gasteiger partial charge in [0.05, 0.1) is 5.52 Å². The molecule has 0 unspecified atom stereocenters. The van der Waals surface area contributed by atoms with E-state index in [0.717, 1.165) is 11.1 Å². The summed E-state index contributed by atoms with van der Waals surface area (Å²) < 4.78 is 12.0. The highest BCUT2D eigenvalue weighted by atomic mass is 16.5. The zero-order valence-corrected chi connectivity index (χ0v) is 13.5. The summed E-state index contributed by atoms with van der Waals surface area (Å²) in [5, 5.41) is 2.80. The SMILES string of the molecule is Cc1ccccc1OCC(=O)NCc1ccc2oc(=O)n(C)c2c1. The van der Waals surface area contributed by atoms with E-state index in [1.165, 1.54) is 4.57 Å². The van der Waals surface area contributed by atoms with E-state index >= 15 is 0 Å². The number of aromatic nitrogens is 1. The van der Waals surface area contributed by atoms with Crippen molar-refractivity contribution in [1.29, 1.82) is 0 Å². The molecule has 0 fully saturated rings. The molecule has 124 valence electrons. The highest BCUT2D eigenvalue weighted by molar-refractivity contribution is 5.78. The van der Waals surface area contributed by atoms with Crippen LogP contribution in [-0.4, -0.2) is 17.1 Å². The first-order chi connectivity index (χ1) is 11.5. The number of carbonyl (C=O) groups is 1. The summed E-state index contributed by atoms with van der Waals surface area (Å²) >= 11 is 0. The average Bonchev–Trinajstić information content (AvgIpc) is 2.86. The van der Waals surface area contributed by atoms with Gasteiger partial charge in [-0.25, -0.2) is 4.79 Å². The lowest BCUT2D eigenvalue weighted by Gasteiger charge is -2.09. The second-order valence-corrected chi connectivity index (χ2v) is 5.56. The van der Waals surface area contributed by atoms with Crippen molar-refractivity contribution in [2.24, 2.45) is 7.05 Å². The predicted octanol–water partition coefficient (Wildman–Crippen LogP) is 2.14. The van der Waals surface area contributed by atoms with Gasteiger partial charge in [-0.05, 0) is 36.2 Å². The summed E-state index contributed by atoms with van der Waals surface area (Å²) in [6, 6.07) is 12.9. The van der Waals surface area contributed by atoms with Crippen LogP contribution < -0.4 is 15.8 Å². The van der Waals surface area contributed by atoms with Gasteiger partial charge < -0.3 is 14.5 Å². The molecule has 0 saturated heterocycles. The minimum absolute atomic E-state index is 0.0444. The van der Waals surface area contributed by atoms with Crippen molar-refractivity contribution >= 4 is 17.0 Å². The maximum atomic E-state index is 11.9. The van der Waals surface area contributed by atoms with Crippen molar-refractivity contribution < 1.29 is 13.9 Å². The lowest BCUT2D eigenvalue weighted by atomic mass is 10.2. The van der Waals surface area contributed by atoms with Gasteiger partial charge in [-0.15, -0.1) is 0 Å². The molecule has 1 N–H and O–H groups in total. The first-order valence-electron chi connectivity index (χ1n) is 7.58. The van der Waals surface area contributed by atoms with Crippen molar-refractivity contribution in [2.45, 2.75) is 13.5 Å². The van der Waals surface area contributed by atoms with Gasteiger partial charge in [0, 0.05) is 13.6 Å². The van der Waals surface area contributed by atoms with E-state index in [4.69, 9.17) is 9.15 Å². The Hall–Kier alpha value is -3.02. The van der Waals surface area contributed by atoms with Crippen LogP contribution in [0, 0.1) is 6.92 Å². The molecule has 0 radical (unpaired) electrons. The smallest absolute Gasteiger partial charge is 0.419 e. The molecule has 6 heteroatoms. The second-order valence-electron chi connectivity index (χ2n) is 5.56. The third kappa shape index (κ3) is 3.32. The summed E-state index contributed by atoms with van der Waals surface area (Å²) in [7, 11) is 1.65. The van der Waals surface area contributed by atoms with Gasteiger partial charge in [0.25, 0.3) is 5.91 Å². The van der Waals surface area contributed by atoms with Gasteiger partial charge in [0.1, 0.15) is 5.75 Å². The Labute approximate surface area is 138 Å². The molecule has 6 nitrogen and oxygen atoms in total.